The van der Waals surface area contributed by atoms with Crippen LogP contribution in [0.3, 0.4) is 0 Å². The van der Waals surface area contributed by atoms with Crippen molar-refractivity contribution in [2.75, 3.05) is 24.4 Å². The molecule has 5 nitrogen and oxygen atoms in total. The summed E-state index contributed by atoms with van der Waals surface area (Å²) in [5.41, 5.74) is 1.40. The van der Waals surface area contributed by atoms with E-state index >= 15 is 0 Å². The molecule has 1 heterocycles. The lowest BCUT2D eigenvalue weighted by Gasteiger charge is -2.15. The smallest absolute Gasteiger partial charge is 0.272 e. The fraction of sp³-hybridized carbons (Fsp3) is 0.158. The number of rotatable bonds is 6. The Balaban J connectivity index is 2.03. The molecular formula is C19H16ClNO4S. The van der Waals surface area contributed by atoms with E-state index in [2.05, 4.69) is 0 Å². The Labute approximate surface area is 160 Å². The van der Waals surface area contributed by atoms with Crippen LogP contribution in [-0.2, 0) is 9.59 Å². The highest BCUT2D eigenvalue weighted by Gasteiger charge is 2.40. The predicted molar refractivity (Wildman–Crippen MR) is 103 cm³/mol. The normalized spacial score (nSPS) is 14.3. The molecule has 0 saturated heterocycles. The van der Waals surface area contributed by atoms with Gasteiger partial charge in [-0.15, -0.1) is 11.8 Å². The Bertz CT molecular complexity index is 862. The average Bonchev–Trinajstić information content (AvgIpc) is 2.91. The number of anilines is 1. The van der Waals surface area contributed by atoms with Gasteiger partial charge >= 0.3 is 0 Å². The number of methoxy groups -OCH3 is 1. The van der Waals surface area contributed by atoms with Crippen molar-refractivity contribution < 1.29 is 19.4 Å². The predicted octanol–water partition coefficient (Wildman–Crippen LogP) is 3.36. The van der Waals surface area contributed by atoms with E-state index in [0.717, 1.165) is 4.90 Å². The van der Waals surface area contributed by atoms with Crippen molar-refractivity contribution in [1.29, 1.82) is 0 Å². The van der Waals surface area contributed by atoms with Gasteiger partial charge in [0.15, 0.2) is 0 Å². The fourth-order valence-corrected chi connectivity index (χ4v) is 3.61. The number of benzene rings is 2. The highest BCUT2D eigenvalue weighted by atomic mass is 35.5. The van der Waals surface area contributed by atoms with Crippen LogP contribution in [0.5, 0.6) is 5.75 Å². The number of aliphatic hydroxyl groups is 1. The second-order valence-electron chi connectivity index (χ2n) is 5.43. The molecule has 0 atom stereocenters. The number of imide groups is 1. The summed E-state index contributed by atoms with van der Waals surface area (Å²) in [6, 6.07) is 13.5. The van der Waals surface area contributed by atoms with Crippen molar-refractivity contribution in [1.82, 2.24) is 0 Å². The zero-order chi connectivity index (χ0) is 18.7. The van der Waals surface area contributed by atoms with Crippen LogP contribution < -0.4 is 9.64 Å². The lowest BCUT2D eigenvalue weighted by Crippen LogP contribution is -2.31. The first-order chi connectivity index (χ1) is 12.6. The Morgan fingerprint density at radius 2 is 1.69 bits per heavy atom. The maximum atomic E-state index is 13.0. The summed E-state index contributed by atoms with van der Waals surface area (Å²) < 4.78 is 5.12. The molecule has 0 radical (unpaired) electrons. The number of aliphatic hydroxyl groups excluding tert-OH is 1. The first-order valence-corrected chi connectivity index (χ1v) is 9.20. The van der Waals surface area contributed by atoms with E-state index in [9.17, 15) is 9.59 Å². The lowest BCUT2D eigenvalue weighted by molar-refractivity contribution is -0.119. The number of carbonyl (C=O) groups is 2. The van der Waals surface area contributed by atoms with Crippen molar-refractivity contribution in [3.63, 3.8) is 0 Å². The van der Waals surface area contributed by atoms with E-state index in [0.29, 0.717) is 38.3 Å². The van der Waals surface area contributed by atoms with Crippen LogP contribution in [0.1, 0.15) is 5.56 Å². The molecule has 0 fully saturated rings. The molecule has 1 aliphatic rings. The minimum absolute atomic E-state index is 0.0912. The summed E-state index contributed by atoms with van der Waals surface area (Å²) in [5, 5.41) is 9.67. The molecule has 0 unspecified atom stereocenters. The Hall–Kier alpha value is -2.28. The van der Waals surface area contributed by atoms with Crippen LogP contribution in [0.4, 0.5) is 5.69 Å². The molecule has 134 valence electrons. The van der Waals surface area contributed by atoms with E-state index in [1.807, 2.05) is 0 Å². The molecule has 1 aliphatic heterocycles. The second-order valence-corrected chi connectivity index (χ2v) is 6.97. The molecule has 7 heteroatoms. The van der Waals surface area contributed by atoms with Gasteiger partial charge in [0, 0.05) is 10.8 Å². The third kappa shape index (κ3) is 3.49. The minimum atomic E-state index is -0.400. The largest absolute Gasteiger partial charge is 0.497 e. The molecule has 0 aromatic heterocycles. The van der Waals surface area contributed by atoms with Crippen LogP contribution >= 0.6 is 23.4 Å². The Morgan fingerprint density at radius 1 is 1.04 bits per heavy atom. The summed E-state index contributed by atoms with van der Waals surface area (Å²) in [6.45, 7) is -0.0912. The van der Waals surface area contributed by atoms with Gasteiger partial charge in [-0.25, -0.2) is 4.90 Å². The molecule has 2 aromatic rings. The Kier molecular flexibility index (Phi) is 5.66. The first-order valence-electron chi connectivity index (χ1n) is 7.83. The van der Waals surface area contributed by atoms with Crippen LogP contribution in [0.25, 0.3) is 5.57 Å². The van der Waals surface area contributed by atoms with Crippen molar-refractivity contribution >= 4 is 46.4 Å². The summed E-state index contributed by atoms with van der Waals surface area (Å²) in [5.74, 6) is 0.155. The molecule has 26 heavy (non-hydrogen) atoms. The van der Waals surface area contributed by atoms with Gasteiger partial charge < -0.3 is 9.84 Å². The molecular weight excluding hydrogens is 374 g/mol. The van der Waals surface area contributed by atoms with E-state index < -0.39 is 11.8 Å². The monoisotopic (exact) mass is 389 g/mol. The van der Waals surface area contributed by atoms with Gasteiger partial charge in [-0.05, 0) is 42.0 Å². The van der Waals surface area contributed by atoms with Crippen LogP contribution in [0, 0.1) is 0 Å². The number of carbonyl (C=O) groups excluding carboxylic acids is 2. The number of thioether (sulfide) groups is 1. The van der Waals surface area contributed by atoms with Gasteiger partial charge in [0.25, 0.3) is 11.8 Å². The topological polar surface area (TPSA) is 66.8 Å². The third-order valence-corrected chi connectivity index (χ3v) is 5.15. The van der Waals surface area contributed by atoms with Gasteiger partial charge in [-0.2, -0.15) is 0 Å². The Morgan fingerprint density at radius 3 is 2.27 bits per heavy atom. The number of amides is 2. The van der Waals surface area contributed by atoms with Crippen molar-refractivity contribution in [2.45, 2.75) is 0 Å². The van der Waals surface area contributed by atoms with Crippen LogP contribution in [-0.4, -0.2) is 36.4 Å². The summed E-state index contributed by atoms with van der Waals surface area (Å²) in [6.07, 6.45) is 0. The van der Waals surface area contributed by atoms with E-state index in [1.54, 1.807) is 55.6 Å². The summed E-state index contributed by atoms with van der Waals surface area (Å²) >= 11 is 7.10. The number of halogens is 1. The van der Waals surface area contributed by atoms with Gasteiger partial charge in [-0.1, -0.05) is 23.7 Å². The van der Waals surface area contributed by atoms with E-state index in [4.69, 9.17) is 21.4 Å². The highest BCUT2D eigenvalue weighted by Crippen LogP contribution is 2.38. The van der Waals surface area contributed by atoms with Crippen LogP contribution in [0.15, 0.2) is 53.4 Å². The lowest BCUT2D eigenvalue weighted by atomic mass is 10.1. The highest BCUT2D eigenvalue weighted by molar-refractivity contribution is 8.04. The van der Waals surface area contributed by atoms with Crippen molar-refractivity contribution in [3.8, 4) is 5.75 Å². The fourth-order valence-electron chi connectivity index (χ4n) is 2.63. The number of ether oxygens (including phenoxy) is 1. The van der Waals surface area contributed by atoms with E-state index in [-0.39, 0.29) is 6.61 Å². The molecule has 0 bridgehead atoms. The van der Waals surface area contributed by atoms with Crippen LogP contribution in [0.2, 0.25) is 5.02 Å². The SMILES string of the molecule is COc1ccc(N2C(=O)C(SCCO)=C(c3ccc(Cl)cc3)C2=O)cc1. The van der Waals surface area contributed by atoms with Crippen molar-refractivity contribution in [3.05, 3.63) is 64.0 Å². The van der Waals surface area contributed by atoms with Gasteiger partial charge in [0.05, 0.1) is 29.9 Å². The molecule has 2 aromatic carbocycles. The third-order valence-electron chi connectivity index (χ3n) is 3.84. The molecule has 0 spiro atoms. The molecule has 0 aliphatic carbocycles. The standard InChI is InChI=1S/C19H16ClNO4S/c1-25-15-8-6-14(7-9-15)21-18(23)16(12-2-4-13(20)5-3-12)17(19(21)24)26-11-10-22/h2-9,22H,10-11H2,1H3. The maximum absolute atomic E-state index is 13.0. The van der Waals surface area contributed by atoms with Gasteiger partial charge in [-0.3, -0.25) is 9.59 Å². The zero-order valence-electron chi connectivity index (χ0n) is 13.9. The minimum Gasteiger partial charge on any atom is -0.497 e. The summed E-state index contributed by atoms with van der Waals surface area (Å²) in [4.78, 5) is 27.4. The number of hydrogen-bond acceptors (Lipinski definition) is 5. The number of nitrogens with zero attached hydrogens (tertiary/aromatic N) is 1. The second kappa shape index (κ2) is 7.95. The average molecular weight is 390 g/mol. The first kappa shape index (κ1) is 18.5. The zero-order valence-corrected chi connectivity index (χ0v) is 15.5. The maximum Gasteiger partial charge on any atom is 0.272 e. The molecule has 2 amide bonds. The van der Waals surface area contributed by atoms with E-state index in [1.165, 1.54) is 11.8 Å². The quantitative estimate of drug-likeness (QED) is 0.767. The van der Waals surface area contributed by atoms with Gasteiger partial charge in [0.1, 0.15) is 5.75 Å². The molecule has 1 N–H and O–H groups in total. The molecule has 3 rings (SSSR count). The molecule has 0 saturated carbocycles. The van der Waals surface area contributed by atoms with Gasteiger partial charge in [0.2, 0.25) is 0 Å². The van der Waals surface area contributed by atoms with Crippen molar-refractivity contribution in [2.24, 2.45) is 0 Å². The number of hydrogen-bond donors (Lipinski definition) is 1. The summed E-state index contributed by atoms with van der Waals surface area (Å²) in [7, 11) is 1.55.